The van der Waals surface area contributed by atoms with Crippen molar-refractivity contribution in [1.82, 2.24) is 4.57 Å². The standard InChI is InChI=1S/C26H27NO6/c1-26(2,3)33-25(30)27-18-13-9-8-12-17(18)20-19(27)14-15-10-6-7-11-16(15)21(20)22(23(28)31-4)24(29)32-5/h6-13,21-22H,14H2,1-5H3. The summed E-state index contributed by atoms with van der Waals surface area (Å²) in [6.45, 7) is 5.43. The second-order valence-electron chi connectivity index (χ2n) is 9.07. The minimum absolute atomic E-state index is 0.449. The van der Waals surface area contributed by atoms with Gasteiger partial charge in [0.2, 0.25) is 0 Å². The van der Waals surface area contributed by atoms with Gasteiger partial charge in [-0.15, -0.1) is 0 Å². The molecule has 4 rings (SSSR count). The molecule has 0 saturated carbocycles. The van der Waals surface area contributed by atoms with Crippen molar-refractivity contribution in [2.75, 3.05) is 14.2 Å². The summed E-state index contributed by atoms with van der Waals surface area (Å²) in [6.07, 6.45) is -0.0591. The lowest BCUT2D eigenvalue weighted by Crippen LogP contribution is -2.35. The van der Waals surface area contributed by atoms with E-state index in [0.29, 0.717) is 17.6 Å². The van der Waals surface area contributed by atoms with Crippen molar-refractivity contribution in [1.29, 1.82) is 0 Å². The Morgan fingerprint density at radius 2 is 1.55 bits per heavy atom. The molecular weight excluding hydrogens is 422 g/mol. The average Bonchev–Trinajstić information content (AvgIpc) is 3.11. The zero-order chi connectivity index (χ0) is 23.9. The second-order valence-corrected chi connectivity index (χ2v) is 9.07. The molecule has 0 N–H and O–H groups in total. The van der Waals surface area contributed by atoms with E-state index < -0.39 is 35.5 Å². The number of nitrogens with zero attached hydrogens (tertiary/aromatic N) is 1. The number of hydrogen-bond donors (Lipinski definition) is 0. The molecule has 1 aliphatic carbocycles. The first-order valence-electron chi connectivity index (χ1n) is 10.8. The smallest absolute Gasteiger partial charge is 0.419 e. The molecule has 0 radical (unpaired) electrons. The maximum Gasteiger partial charge on any atom is 0.419 e. The highest BCUT2D eigenvalue weighted by Crippen LogP contribution is 2.46. The van der Waals surface area contributed by atoms with Crippen LogP contribution in [0.15, 0.2) is 48.5 Å². The van der Waals surface area contributed by atoms with Crippen molar-refractivity contribution in [3.63, 3.8) is 0 Å². The third-order valence-electron chi connectivity index (χ3n) is 5.89. The van der Waals surface area contributed by atoms with Crippen molar-refractivity contribution >= 4 is 28.9 Å². The predicted octanol–water partition coefficient (Wildman–Crippen LogP) is 4.42. The monoisotopic (exact) mass is 449 g/mol. The van der Waals surface area contributed by atoms with Gasteiger partial charge in [-0.25, -0.2) is 9.36 Å². The van der Waals surface area contributed by atoms with Crippen LogP contribution in [0.5, 0.6) is 0 Å². The Hall–Kier alpha value is -3.61. The topological polar surface area (TPSA) is 83.8 Å². The van der Waals surface area contributed by atoms with E-state index in [0.717, 1.165) is 22.1 Å². The molecule has 3 aromatic rings. The minimum atomic E-state index is -1.22. The molecule has 2 aromatic carbocycles. The fourth-order valence-corrected chi connectivity index (χ4v) is 4.66. The maximum atomic E-state index is 13.3. The van der Waals surface area contributed by atoms with Gasteiger partial charge >= 0.3 is 18.0 Å². The van der Waals surface area contributed by atoms with E-state index in [2.05, 4.69) is 0 Å². The summed E-state index contributed by atoms with van der Waals surface area (Å²) in [5.41, 5.74) is 3.13. The number of carbonyl (C=O) groups excluding carboxylic acids is 3. The summed E-state index contributed by atoms with van der Waals surface area (Å²) in [7, 11) is 2.50. The number of methoxy groups -OCH3 is 2. The van der Waals surface area contributed by atoms with E-state index in [4.69, 9.17) is 14.2 Å². The van der Waals surface area contributed by atoms with Crippen LogP contribution in [0.1, 0.15) is 49.1 Å². The van der Waals surface area contributed by atoms with Crippen LogP contribution in [-0.4, -0.2) is 42.4 Å². The molecule has 1 unspecified atom stereocenters. The molecule has 1 heterocycles. The molecule has 0 spiro atoms. The summed E-state index contributed by atoms with van der Waals surface area (Å²) >= 11 is 0. The van der Waals surface area contributed by atoms with E-state index in [9.17, 15) is 14.4 Å². The first-order chi connectivity index (χ1) is 15.7. The first kappa shape index (κ1) is 22.6. The third kappa shape index (κ3) is 3.88. The zero-order valence-electron chi connectivity index (χ0n) is 19.4. The van der Waals surface area contributed by atoms with Gasteiger partial charge in [0.05, 0.1) is 19.7 Å². The Morgan fingerprint density at radius 1 is 0.939 bits per heavy atom. The Kier molecular flexibility index (Phi) is 5.74. The molecule has 0 amide bonds. The molecule has 172 valence electrons. The van der Waals surface area contributed by atoms with Gasteiger partial charge in [-0.2, -0.15) is 0 Å². The summed E-state index contributed by atoms with van der Waals surface area (Å²) in [5.74, 6) is -3.29. The fraction of sp³-hybridized carbons (Fsp3) is 0.346. The molecule has 1 atom stereocenters. The number of ether oxygens (including phenoxy) is 3. The molecule has 7 nitrogen and oxygen atoms in total. The average molecular weight is 450 g/mol. The number of carbonyl (C=O) groups is 3. The van der Waals surface area contributed by atoms with Crippen LogP contribution in [0.25, 0.3) is 10.9 Å². The van der Waals surface area contributed by atoms with Gasteiger partial charge in [0.1, 0.15) is 5.60 Å². The second kappa shape index (κ2) is 8.39. The number of aromatic nitrogens is 1. The van der Waals surface area contributed by atoms with Gasteiger partial charge in [0.15, 0.2) is 5.92 Å². The fourth-order valence-electron chi connectivity index (χ4n) is 4.66. The van der Waals surface area contributed by atoms with Gasteiger partial charge in [0, 0.05) is 23.4 Å². The van der Waals surface area contributed by atoms with Crippen molar-refractivity contribution in [3.8, 4) is 0 Å². The van der Waals surface area contributed by atoms with Crippen LogP contribution in [0.2, 0.25) is 0 Å². The molecule has 1 aromatic heterocycles. The maximum absolute atomic E-state index is 13.3. The summed E-state index contributed by atoms with van der Waals surface area (Å²) in [4.78, 5) is 39.1. The minimum Gasteiger partial charge on any atom is -0.468 e. The summed E-state index contributed by atoms with van der Waals surface area (Å²) in [5, 5.41) is 0.774. The number of fused-ring (bicyclic) bond motifs is 4. The highest BCUT2D eigenvalue weighted by atomic mass is 16.6. The molecule has 0 saturated heterocycles. The summed E-state index contributed by atoms with van der Waals surface area (Å²) < 4.78 is 17.3. The molecule has 1 aliphatic rings. The van der Waals surface area contributed by atoms with Gasteiger partial charge in [0.25, 0.3) is 0 Å². The van der Waals surface area contributed by atoms with Crippen LogP contribution in [0.4, 0.5) is 4.79 Å². The molecule has 7 heteroatoms. The first-order valence-corrected chi connectivity index (χ1v) is 10.8. The third-order valence-corrected chi connectivity index (χ3v) is 5.89. The lowest BCUT2D eigenvalue weighted by Gasteiger charge is -2.31. The van der Waals surface area contributed by atoms with Gasteiger partial charge in [-0.05, 0) is 43.5 Å². The van der Waals surface area contributed by atoms with Crippen LogP contribution < -0.4 is 0 Å². The van der Waals surface area contributed by atoms with Crippen molar-refractivity contribution < 1.29 is 28.6 Å². The van der Waals surface area contributed by atoms with Crippen LogP contribution in [0, 0.1) is 5.92 Å². The van der Waals surface area contributed by atoms with E-state index in [-0.39, 0.29) is 0 Å². The molecule has 33 heavy (non-hydrogen) atoms. The Bertz CT molecular complexity index is 1230. The number of esters is 2. The molecular formula is C26H27NO6. The Morgan fingerprint density at radius 3 is 2.18 bits per heavy atom. The quantitative estimate of drug-likeness (QED) is 0.334. The molecule has 0 bridgehead atoms. The van der Waals surface area contributed by atoms with E-state index in [1.54, 1.807) is 4.57 Å². The van der Waals surface area contributed by atoms with Crippen molar-refractivity contribution in [2.45, 2.75) is 38.7 Å². The lowest BCUT2D eigenvalue weighted by molar-refractivity contribution is -0.159. The van der Waals surface area contributed by atoms with Crippen LogP contribution in [-0.2, 0) is 30.2 Å². The Labute approximate surface area is 192 Å². The zero-order valence-corrected chi connectivity index (χ0v) is 19.4. The van der Waals surface area contributed by atoms with Crippen molar-refractivity contribution in [3.05, 3.63) is 70.9 Å². The molecule has 0 aliphatic heterocycles. The Balaban J connectivity index is 2.05. The predicted molar refractivity (Wildman–Crippen MR) is 122 cm³/mol. The normalized spacial score (nSPS) is 15.0. The number of hydrogen-bond acceptors (Lipinski definition) is 6. The van der Waals surface area contributed by atoms with Crippen LogP contribution in [0.3, 0.4) is 0 Å². The number of rotatable bonds is 3. The highest BCUT2D eigenvalue weighted by Gasteiger charge is 2.45. The van der Waals surface area contributed by atoms with E-state index in [1.807, 2.05) is 69.3 Å². The highest BCUT2D eigenvalue weighted by molar-refractivity contribution is 6.00. The van der Waals surface area contributed by atoms with Crippen molar-refractivity contribution in [2.24, 2.45) is 5.92 Å². The van der Waals surface area contributed by atoms with Crippen LogP contribution >= 0.6 is 0 Å². The van der Waals surface area contributed by atoms with E-state index >= 15 is 0 Å². The lowest BCUT2D eigenvalue weighted by atomic mass is 9.73. The van der Waals surface area contributed by atoms with Gasteiger partial charge in [-0.1, -0.05) is 42.5 Å². The van der Waals surface area contributed by atoms with Gasteiger partial charge < -0.3 is 14.2 Å². The van der Waals surface area contributed by atoms with E-state index in [1.165, 1.54) is 14.2 Å². The SMILES string of the molecule is COC(=O)C(C(=O)OC)C1c2ccccc2Cc2c1c1ccccc1n2C(=O)OC(C)(C)C. The summed E-state index contributed by atoms with van der Waals surface area (Å²) in [6, 6.07) is 15.0. The van der Waals surface area contributed by atoms with Gasteiger partial charge in [-0.3, -0.25) is 9.59 Å². The number of para-hydroxylation sites is 1. The molecule has 0 fully saturated rings. The largest absolute Gasteiger partial charge is 0.468 e. The number of benzene rings is 2.